The van der Waals surface area contributed by atoms with Crippen molar-refractivity contribution in [2.75, 3.05) is 0 Å². The van der Waals surface area contributed by atoms with E-state index in [2.05, 4.69) is 19.2 Å². The van der Waals surface area contributed by atoms with E-state index in [1.165, 1.54) is 25.7 Å². The van der Waals surface area contributed by atoms with Gasteiger partial charge in [0.05, 0.1) is 6.10 Å². The van der Waals surface area contributed by atoms with E-state index in [9.17, 15) is 5.11 Å². The van der Waals surface area contributed by atoms with E-state index in [1.54, 1.807) is 0 Å². The Morgan fingerprint density at radius 1 is 0.933 bits per heavy atom. The van der Waals surface area contributed by atoms with E-state index in [0.29, 0.717) is 6.04 Å². The van der Waals surface area contributed by atoms with Gasteiger partial charge in [0.15, 0.2) is 0 Å². The molecule has 0 radical (unpaired) electrons. The molecule has 2 aliphatic carbocycles. The molecule has 0 heterocycles. The van der Waals surface area contributed by atoms with Crippen LogP contribution in [0.25, 0.3) is 0 Å². The second kappa shape index (κ2) is 4.84. The molecular weight excluding hydrogens is 186 g/mol. The Kier molecular flexibility index (Phi) is 3.68. The summed E-state index contributed by atoms with van der Waals surface area (Å²) in [6.45, 7) is 4.75. The fourth-order valence-corrected chi connectivity index (χ4v) is 3.15. The van der Waals surface area contributed by atoms with Gasteiger partial charge < -0.3 is 10.4 Å². The molecule has 0 aromatic heterocycles. The van der Waals surface area contributed by atoms with Crippen LogP contribution >= 0.6 is 0 Å². The highest BCUT2D eigenvalue weighted by atomic mass is 16.3. The maximum Gasteiger partial charge on any atom is 0.0541 e. The van der Waals surface area contributed by atoms with E-state index in [1.807, 2.05) is 0 Å². The van der Waals surface area contributed by atoms with Gasteiger partial charge in [-0.15, -0.1) is 0 Å². The molecule has 0 saturated heterocycles. The minimum atomic E-state index is -0.0250. The van der Waals surface area contributed by atoms with Crippen molar-refractivity contribution in [2.45, 2.75) is 70.6 Å². The lowest BCUT2D eigenvalue weighted by Crippen LogP contribution is -2.42. The minimum absolute atomic E-state index is 0.0250. The van der Waals surface area contributed by atoms with Gasteiger partial charge in [0.25, 0.3) is 0 Å². The summed E-state index contributed by atoms with van der Waals surface area (Å²) in [7, 11) is 0. The van der Waals surface area contributed by atoms with Crippen LogP contribution in [0.5, 0.6) is 0 Å². The van der Waals surface area contributed by atoms with Gasteiger partial charge in [0.1, 0.15) is 0 Å². The summed E-state index contributed by atoms with van der Waals surface area (Å²) in [4.78, 5) is 0. The average molecular weight is 211 g/mol. The van der Waals surface area contributed by atoms with Crippen LogP contribution in [-0.2, 0) is 0 Å². The van der Waals surface area contributed by atoms with Crippen LogP contribution in [0.4, 0.5) is 0 Å². The zero-order valence-corrected chi connectivity index (χ0v) is 10.1. The second-order valence-electron chi connectivity index (χ2n) is 5.69. The van der Waals surface area contributed by atoms with E-state index in [-0.39, 0.29) is 6.10 Å². The lowest BCUT2D eigenvalue weighted by Gasteiger charge is -2.31. The monoisotopic (exact) mass is 211 g/mol. The number of aliphatic hydroxyl groups is 1. The van der Waals surface area contributed by atoms with Crippen molar-refractivity contribution in [3.8, 4) is 0 Å². The predicted octanol–water partition coefficient (Wildman–Crippen LogP) is 2.31. The van der Waals surface area contributed by atoms with E-state index in [0.717, 1.165) is 30.7 Å². The third-order valence-corrected chi connectivity index (χ3v) is 4.61. The Bertz CT molecular complexity index is 199. The van der Waals surface area contributed by atoms with Crippen LogP contribution in [0.3, 0.4) is 0 Å². The fourth-order valence-electron chi connectivity index (χ4n) is 3.15. The second-order valence-corrected chi connectivity index (χ2v) is 5.69. The first-order valence-electron chi connectivity index (χ1n) is 6.61. The molecule has 2 heteroatoms. The van der Waals surface area contributed by atoms with Gasteiger partial charge in [0.2, 0.25) is 0 Å². The van der Waals surface area contributed by atoms with Crippen LogP contribution in [0.2, 0.25) is 0 Å². The van der Waals surface area contributed by atoms with Gasteiger partial charge in [-0.25, -0.2) is 0 Å². The van der Waals surface area contributed by atoms with Crippen molar-refractivity contribution < 1.29 is 5.11 Å². The summed E-state index contributed by atoms with van der Waals surface area (Å²) >= 11 is 0. The van der Waals surface area contributed by atoms with Gasteiger partial charge in [0, 0.05) is 12.1 Å². The highest BCUT2D eigenvalue weighted by Gasteiger charge is 2.31. The smallest absolute Gasteiger partial charge is 0.0541 e. The number of rotatable bonds is 2. The van der Waals surface area contributed by atoms with Gasteiger partial charge in [-0.3, -0.25) is 0 Å². The zero-order valence-electron chi connectivity index (χ0n) is 10.1. The van der Waals surface area contributed by atoms with Crippen LogP contribution in [0.15, 0.2) is 0 Å². The highest BCUT2D eigenvalue weighted by Crippen LogP contribution is 2.32. The first-order chi connectivity index (χ1) is 7.16. The molecule has 3 unspecified atom stereocenters. The van der Waals surface area contributed by atoms with Gasteiger partial charge >= 0.3 is 0 Å². The molecule has 2 rings (SSSR count). The molecule has 15 heavy (non-hydrogen) atoms. The summed E-state index contributed by atoms with van der Waals surface area (Å²) in [6.07, 6.45) is 7.03. The summed E-state index contributed by atoms with van der Waals surface area (Å²) in [5, 5.41) is 13.3. The number of hydrogen-bond donors (Lipinski definition) is 2. The van der Waals surface area contributed by atoms with Crippen molar-refractivity contribution in [1.82, 2.24) is 5.32 Å². The third kappa shape index (κ3) is 2.73. The topological polar surface area (TPSA) is 32.3 Å². The van der Waals surface area contributed by atoms with Crippen molar-refractivity contribution in [3.05, 3.63) is 0 Å². The average Bonchev–Trinajstić information content (AvgIpc) is 2.53. The Labute approximate surface area is 93.5 Å². The summed E-state index contributed by atoms with van der Waals surface area (Å²) in [5.41, 5.74) is 0. The summed E-state index contributed by atoms with van der Waals surface area (Å²) in [6, 6.07) is 1.41. The highest BCUT2D eigenvalue weighted by molar-refractivity contribution is 4.88. The van der Waals surface area contributed by atoms with Gasteiger partial charge in [-0.1, -0.05) is 13.8 Å². The van der Waals surface area contributed by atoms with Crippen molar-refractivity contribution >= 4 is 0 Å². The van der Waals surface area contributed by atoms with Crippen LogP contribution < -0.4 is 5.32 Å². The van der Waals surface area contributed by atoms with E-state index < -0.39 is 0 Å². The fraction of sp³-hybridized carbons (Fsp3) is 1.00. The van der Waals surface area contributed by atoms with E-state index >= 15 is 0 Å². The first kappa shape index (κ1) is 11.4. The van der Waals surface area contributed by atoms with Crippen LogP contribution in [-0.4, -0.2) is 23.3 Å². The number of hydrogen-bond acceptors (Lipinski definition) is 2. The largest absolute Gasteiger partial charge is 0.393 e. The van der Waals surface area contributed by atoms with Crippen LogP contribution in [0, 0.1) is 11.8 Å². The van der Waals surface area contributed by atoms with Crippen molar-refractivity contribution in [1.29, 1.82) is 0 Å². The first-order valence-corrected chi connectivity index (χ1v) is 6.61. The molecule has 0 aromatic rings. The van der Waals surface area contributed by atoms with Crippen molar-refractivity contribution in [3.63, 3.8) is 0 Å². The molecule has 2 N–H and O–H groups in total. The van der Waals surface area contributed by atoms with Crippen molar-refractivity contribution in [2.24, 2.45) is 11.8 Å². The SMILES string of the molecule is CC1CCC(NC2CCC(O)CC2)C1C. The molecule has 0 spiro atoms. The number of aliphatic hydroxyl groups excluding tert-OH is 1. The third-order valence-electron chi connectivity index (χ3n) is 4.61. The molecule has 0 aliphatic heterocycles. The van der Waals surface area contributed by atoms with Gasteiger partial charge in [-0.05, 0) is 50.4 Å². The summed E-state index contributed by atoms with van der Waals surface area (Å²) in [5.74, 6) is 1.72. The van der Waals surface area contributed by atoms with Crippen LogP contribution in [0.1, 0.15) is 52.4 Å². The molecule has 2 aliphatic rings. The molecule has 2 saturated carbocycles. The molecule has 0 bridgehead atoms. The Balaban J connectivity index is 1.77. The Morgan fingerprint density at radius 2 is 1.60 bits per heavy atom. The molecule has 0 aromatic carbocycles. The number of nitrogens with one attached hydrogen (secondary N) is 1. The molecule has 2 nitrogen and oxygen atoms in total. The standard InChI is InChI=1S/C13H25NO/c1-9-3-8-13(10(9)2)14-11-4-6-12(15)7-5-11/h9-15H,3-8H2,1-2H3. The maximum atomic E-state index is 9.45. The Hall–Kier alpha value is -0.0800. The zero-order chi connectivity index (χ0) is 10.8. The Morgan fingerprint density at radius 3 is 2.13 bits per heavy atom. The molecule has 0 amide bonds. The normalized spacial score (nSPS) is 47.0. The predicted molar refractivity (Wildman–Crippen MR) is 62.7 cm³/mol. The lowest BCUT2D eigenvalue weighted by molar-refractivity contribution is 0.112. The quantitative estimate of drug-likeness (QED) is 0.734. The van der Waals surface area contributed by atoms with E-state index in [4.69, 9.17) is 0 Å². The molecule has 88 valence electrons. The molecular formula is C13H25NO. The maximum absolute atomic E-state index is 9.45. The molecule has 3 atom stereocenters. The van der Waals surface area contributed by atoms with Gasteiger partial charge in [-0.2, -0.15) is 0 Å². The molecule has 2 fully saturated rings. The lowest BCUT2D eigenvalue weighted by atomic mass is 9.91. The summed E-state index contributed by atoms with van der Waals surface area (Å²) < 4.78 is 0. The minimum Gasteiger partial charge on any atom is -0.393 e.